The van der Waals surface area contributed by atoms with Crippen molar-refractivity contribution in [1.82, 2.24) is 14.5 Å². The fourth-order valence-electron chi connectivity index (χ4n) is 2.48. The topological polar surface area (TPSA) is 47.8 Å². The lowest BCUT2D eigenvalue weighted by Crippen LogP contribution is -2.25. The minimum Gasteiger partial charge on any atom is -0.285 e. The molecule has 0 saturated carbocycles. The van der Waals surface area contributed by atoms with Gasteiger partial charge in [0.15, 0.2) is 5.16 Å². The highest BCUT2D eigenvalue weighted by atomic mass is 32.2. The molecule has 0 N–H and O–H groups in total. The Morgan fingerprint density at radius 1 is 1.17 bits per heavy atom. The molecule has 2 heterocycles. The molecule has 0 saturated heterocycles. The number of aromatic nitrogens is 3. The third kappa shape index (κ3) is 3.39. The predicted molar refractivity (Wildman–Crippen MR) is 102 cm³/mol. The fraction of sp³-hybridized carbons (Fsp3) is 0.389. The molecule has 0 unspecified atom stereocenters. The van der Waals surface area contributed by atoms with Crippen LogP contribution in [0.15, 0.2) is 39.6 Å². The zero-order valence-corrected chi connectivity index (χ0v) is 15.9. The van der Waals surface area contributed by atoms with E-state index in [4.69, 9.17) is 4.98 Å². The van der Waals surface area contributed by atoms with Crippen LogP contribution < -0.4 is 5.56 Å². The van der Waals surface area contributed by atoms with Crippen molar-refractivity contribution < 1.29 is 0 Å². The van der Waals surface area contributed by atoms with E-state index in [1.807, 2.05) is 38.1 Å². The number of nitrogens with zero attached hydrogens (tertiary/aromatic N) is 3. The van der Waals surface area contributed by atoms with Crippen molar-refractivity contribution in [2.24, 2.45) is 0 Å². The van der Waals surface area contributed by atoms with Gasteiger partial charge in [0.05, 0.1) is 21.6 Å². The van der Waals surface area contributed by atoms with Crippen LogP contribution in [0.2, 0.25) is 0 Å². The molecule has 0 aliphatic carbocycles. The van der Waals surface area contributed by atoms with Gasteiger partial charge in [0, 0.05) is 23.1 Å². The smallest absolute Gasteiger partial charge is 0.262 e. The molecule has 3 rings (SSSR count). The zero-order chi connectivity index (χ0) is 17.3. The molecule has 3 aromatic rings. The maximum Gasteiger partial charge on any atom is 0.262 e. The first-order valence-corrected chi connectivity index (χ1v) is 9.92. The summed E-state index contributed by atoms with van der Waals surface area (Å²) in [6, 6.07) is 7.60. The van der Waals surface area contributed by atoms with Gasteiger partial charge in [-0.2, -0.15) is 0 Å². The Labute approximate surface area is 150 Å². The molecule has 0 spiro atoms. The van der Waals surface area contributed by atoms with E-state index in [0.29, 0.717) is 11.3 Å². The van der Waals surface area contributed by atoms with Crippen molar-refractivity contribution in [1.29, 1.82) is 0 Å². The summed E-state index contributed by atoms with van der Waals surface area (Å²) < 4.78 is 1.78. The Balaban J connectivity index is 1.95. The standard InChI is InChI=1S/C18H21N3OS2/c1-11(2)16-19-13(9-23-16)10-24-18-20-15-8-6-5-7-14(15)17(22)21(18)12(3)4/h5-9,11-12H,10H2,1-4H3. The number of thioether (sulfide) groups is 1. The van der Waals surface area contributed by atoms with Gasteiger partial charge in [0.1, 0.15) is 0 Å². The normalized spacial score (nSPS) is 11.8. The molecule has 0 bridgehead atoms. The van der Waals surface area contributed by atoms with Crippen LogP contribution in [-0.4, -0.2) is 14.5 Å². The molecular formula is C18H21N3OS2. The van der Waals surface area contributed by atoms with Crippen LogP contribution in [0.1, 0.15) is 50.4 Å². The number of hydrogen-bond acceptors (Lipinski definition) is 5. The van der Waals surface area contributed by atoms with Crippen molar-refractivity contribution in [3.05, 3.63) is 50.7 Å². The Morgan fingerprint density at radius 2 is 1.92 bits per heavy atom. The van der Waals surface area contributed by atoms with Crippen LogP contribution in [0.25, 0.3) is 10.9 Å². The minimum atomic E-state index is 0.0271. The maximum atomic E-state index is 12.8. The van der Waals surface area contributed by atoms with Crippen molar-refractivity contribution in [2.75, 3.05) is 0 Å². The second-order valence-corrected chi connectivity index (χ2v) is 8.13. The van der Waals surface area contributed by atoms with E-state index >= 15 is 0 Å². The number of benzene rings is 1. The van der Waals surface area contributed by atoms with Gasteiger partial charge in [-0.1, -0.05) is 37.7 Å². The van der Waals surface area contributed by atoms with E-state index < -0.39 is 0 Å². The lowest BCUT2D eigenvalue weighted by atomic mass is 10.2. The van der Waals surface area contributed by atoms with Crippen molar-refractivity contribution in [3.8, 4) is 0 Å². The average Bonchev–Trinajstić information content (AvgIpc) is 3.02. The molecule has 126 valence electrons. The second kappa shape index (κ2) is 7.07. The summed E-state index contributed by atoms with van der Waals surface area (Å²) in [6.45, 7) is 8.33. The Hall–Kier alpha value is -1.66. The van der Waals surface area contributed by atoms with Gasteiger partial charge < -0.3 is 0 Å². The van der Waals surface area contributed by atoms with Gasteiger partial charge in [-0.3, -0.25) is 9.36 Å². The first-order valence-electron chi connectivity index (χ1n) is 8.05. The quantitative estimate of drug-likeness (QED) is 0.483. The predicted octanol–water partition coefficient (Wildman–Crippen LogP) is 4.85. The molecule has 0 amide bonds. The molecule has 0 aliphatic heterocycles. The molecule has 6 heteroatoms. The molecule has 24 heavy (non-hydrogen) atoms. The highest BCUT2D eigenvalue weighted by molar-refractivity contribution is 7.98. The first-order chi connectivity index (χ1) is 11.5. The molecule has 0 aliphatic rings. The maximum absolute atomic E-state index is 12.8. The first kappa shape index (κ1) is 17.2. The summed E-state index contributed by atoms with van der Waals surface area (Å²) in [4.78, 5) is 22.2. The van der Waals surface area contributed by atoms with Gasteiger partial charge in [-0.15, -0.1) is 11.3 Å². The van der Waals surface area contributed by atoms with Gasteiger partial charge in [0.2, 0.25) is 0 Å². The summed E-state index contributed by atoms with van der Waals surface area (Å²) in [7, 11) is 0. The second-order valence-electron chi connectivity index (χ2n) is 6.30. The van der Waals surface area contributed by atoms with E-state index in [1.165, 1.54) is 0 Å². The zero-order valence-electron chi connectivity index (χ0n) is 14.3. The number of fused-ring (bicyclic) bond motifs is 1. The van der Waals surface area contributed by atoms with E-state index in [2.05, 4.69) is 24.2 Å². The molecule has 1 aromatic carbocycles. The number of rotatable bonds is 5. The van der Waals surface area contributed by atoms with E-state index in [9.17, 15) is 4.79 Å². The van der Waals surface area contributed by atoms with Crippen LogP contribution in [0, 0.1) is 0 Å². The largest absolute Gasteiger partial charge is 0.285 e. The monoisotopic (exact) mass is 359 g/mol. The van der Waals surface area contributed by atoms with E-state index in [0.717, 1.165) is 27.1 Å². The summed E-state index contributed by atoms with van der Waals surface area (Å²) in [6.07, 6.45) is 0. The number of thiazole rings is 1. The summed E-state index contributed by atoms with van der Waals surface area (Å²) >= 11 is 3.27. The van der Waals surface area contributed by atoms with Crippen LogP contribution >= 0.6 is 23.1 Å². The summed E-state index contributed by atoms with van der Waals surface area (Å²) in [5.74, 6) is 1.17. The molecule has 0 radical (unpaired) electrons. The number of hydrogen-bond donors (Lipinski definition) is 0. The number of para-hydroxylation sites is 1. The SMILES string of the molecule is CC(C)c1nc(CSc2nc3ccccc3c(=O)n2C(C)C)cs1. The van der Waals surface area contributed by atoms with Gasteiger partial charge >= 0.3 is 0 Å². The third-order valence-electron chi connectivity index (χ3n) is 3.70. The van der Waals surface area contributed by atoms with Gasteiger partial charge in [0.25, 0.3) is 5.56 Å². The Bertz CT molecular complexity index is 912. The minimum absolute atomic E-state index is 0.0271. The Kier molecular flexibility index (Phi) is 5.06. The van der Waals surface area contributed by atoms with Crippen molar-refractivity contribution in [2.45, 2.75) is 50.6 Å². The molecular weight excluding hydrogens is 338 g/mol. The highest BCUT2D eigenvalue weighted by Crippen LogP contribution is 2.26. The summed E-state index contributed by atoms with van der Waals surface area (Å²) in [5, 5.41) is 4.68. The van der Waals surface area contributed by atoms with Crippen LogP contribution in [0.5, 0.6) is 0 Å². The van der Waals surface area contributed by atoms with Crippen LogP contribution in [-0.2, 0) is 5.75 Å². The highest BCUT2D eigenvalue weighted by Gasteiger charge is 2.15. The Morgan fingerprint density at radius 3 is 2.58 bits per heavy atom. The molecule has 2 aromatic heterocycles. The van der Waals surface area contributed by atoms with Gasteiger partial charge in [-0.05, 0) is 26.0 Å². The van der Waals surface area contributed by atoms with Crippen LogP contribution in [0.4, 0.5) is 0 Å². The van der Waals surface area contributed by atoms with Crippen LogP contribution in [0.3, 0.4) is 0 Å². The van der Waals surface area contributed by atoms with Crippen molar-refractivity contribution in [3.63, 3.8) is 0 Å². The van der Waals surface area contributed by atoms with E-state index in [1.54, 1.807) is 27.7 Å². The lowest BCUT2D eigenvalue weighted by molar-refractivity contribution is 0.519. The summed E-state index contributed by atoms with van der Waals surface area (Å²) in [5.41, 5.74) is 1.83. The van der Waals surface area contributed by atoms with Gasteiger partial charge in [-0.25, -0.2) is 9.97 Å². The molecule has 0 atom stereocenters. The average molecular weight is 360 g/mol. The third-order valence-corrected chi connectivity index (χ3v) is 5.88. The van der Waals surface area contributed by atoms with E-state index in [-0.39, 0.29) is 11.6 Å². The van der Waals surface area contributed by atoms with Crippen molar-refractivity contribution >= 4 is 34.0 Å². The molecule has 4 nitrogen and oxygen atoms in total. The fourth-order valence-corrected chi connectivity index (χ4v) is 4.44. The molecule has 0 fully saturated rings. The lowest BCUT2D eigenvalue weighted by Gasteiger charge is -2.15.